The molecule has 0 spiro atoms. The Kier molecular flexibility index (Phi) is 5.71. The number of carbonyl (C=O) groups excluding carboxylic acids is 2. The van der Waals surface area contributed by atoms with Gasteiger partial charge in [0.2, 0.25) is 0 Å². The van der Waals surface area contributed by atoms with E-state index in [0.717, 1.165) is 5.06 Å². The molecule has 0 aliphatic rings. The highest BCUT2D eigenvalue weighted by molar-refractivity contribution is 9.10. The van der Waals surface area contributed by atoms with Gasteiger partial charge in [0.25, 0.3) is 11.8 Å². The number of hydrogen-bond acceptors (Lipinski definition) is 4. The number of aromatic nitrogens is 1. The van der Waals surface area contributed by atoms with Crippen LogP contribution in [0.5, 0.6) is 0 Å². The lowest BCUT2D eigenvalue weighted by atomic mass is 10.2. The molecule has 0 aliphatic carbocycles. The van der Waals surface area contributed by atoms with Crippen molar-refractivity contribution in [2.45, 2.75) is 13.0 Å². The summed E-state index contributed by atoms with van der Waals surface area (Å²) >= 11 is 9.10. The Labute approximate surface area is 124 Å². The van der Waals surface area contributed by atoms with Gasteiger partial charge in [0.05, 0.1) is 12.1 Å². The molecule has 1 heterocycles. The number of nitrogens with zero attached hydrogens (tertiary/aromatic N) is 2. The van der Waals surface area contributed by atoms with E-state index in [0.29, 0.717) is 4.47 Å². The molecular formula is C11H13BrClN3O3. The third kappa shape index (κ3) is 4.15. The summed E-state index contributed by atoms with van der Waals surface area (Å²) in [7, 11) is 2.81. The zero-order valence-corrected chi connectivity index (χ0v) is 12.9. The molecule has 0 aliphatic heterocycles. The second kappa shape index (κ2) is 6.83. The average Bonchev–Trinajstić information content (AvgIpc) is 2.36. The fourth-order valence-corrected chi connectivity index (χ4v) is 1.99. The molecule has 104 valence electrons. The van der Waals surface area contributed by atoms with Crippen molar-refractivity contribution in [1.29, 1.82) is 0 Å². The molecular weight excluding hydrogens is 337 g/mol. The molecule has 1 aromatic heterocycles. The molecule has 1 rings (SSSR count). The van der Waals surface area contributed by atoms with Crippen molar-refractivity contribution in [3.8, 4) is 0 Å². The van der Waals surface area contributed by atoms with E-state index in [4.69, 9.17) is 16.4 Å². The third-order valence-electron chi connectivity index (χ3n) is 2.33. The SMILES string of the molecule is CON(C)C(=O)C(C)NC(=O)c1ncc(Br)cc1Cl. The first-order valence-electron chi connectivity index (χ1n) is 5.30. The van der Waals surface area contributed by atoms with Gasteiger partial charge in [-0.3, -0.25) is 14.4 Å². The molecule has 0 radical (unpaired) electrons. The van der Waals surface area contributed by atoms with Crippen LogP contribution in [0.15, 0.2) is 16.7 Å². The summed E-state index contributed by atoms with van der Waals surface area (Å²) in [5.41, 5.74) is 0.0598. The molecule has 8 heteroatoms. The fraction of sp³-hybridized carbons (Fsp3) is 0.364. The van der Waals surface area contributed by atoms with Crippen LogP contribution < -0.4 is 5.32 Å². The molecule has 0 bridgehead atoms. The van der Waals surface area contributed by atoms with Crippen molar-refractivity contribution in [1.82, 2.24) is 15.4 Å². The predicted octanol–water partition coefficient (Wildman–Crippen LogP) is 1.64. The van der Waals surface area contributed by atoms with Gasteiger partial charge in [-0.05, 0) is 28.9 Å². The first-order chi connectivity index (χ1) is 8.86. The number of likely N-dealkylation sites (N-methyl/N-ethyl adjacent to an activating group) is 1. The van der Waals surface area contributed by atoms with Crippen LogP contribution in [0.1, 0.15) is 17.4 Å². The molecule has 1 aromatic rings. The normalized spacial score (nSPS) is 11.8. The molecule has 1 atom stereocenters. The van der Waals surface area contributed by atoms with Crippen LogP contribution in [0.3, 0.4) is 0 Å². The molecule has 1 unspecified atom stereocenters. The topological polar surface area (TPSA) is 71.5 Å². The van der Waals surface area contributed by atoms with Gasteiger partial charge in [-0.25, -0.2) is 10.0 Å². The summed E-state index contributed by atoms with van der Waals surface area (Å²) in [5, 5.41) is 3.73. The Bertz CT molecular complexity index is 498. The van der Waals surface area contributed by atoms with Crippen molar-refractivity contribution in [2.24, 2.45) is 0 Å². The van der Waals surface area contributed by atoms with Crippen LogP contribution in [0.25, 0.3) is 0 Å². The predicted molar refractivity (Wildman–Crippen MR) is 73.7 cm³/mol. The first kappa shape index (κ1) is 15.9. The number of hydroxylamine groups is 2. The monoisotopic (exact) mass is 349 g/mol. The number of rotatable bonds is 4. The van der Waals surface area contributed by atoms with Crippen molar-refractivity contribution < 1.29 is 14.4 Å². The van der Waals surface area contributed by atoms with E-state index < -0.39 is 11.9 Å². The van der Waals surface area contributed by atoms with Gasteiger partial charge >= 0.3 is 0 Å². The maximum absolute atomic E-state index is 11.9. The van der Waals surface area contributed by atoms with Gasteiger partial charge in [0.15, 0.2) is 0 Å². The molecule has 0 saturated heterocycles. The molecule has 19 heavy (non-hydrogen) atoms. The molecule has 6 nitrogen and oxygen atoms in total. The van der Waals surface area contributed by atoms with Gasteiger partial charge in [0, 0.05) is 17.7 Å². The number of carbonyl (C=O) groups is 2. The maximum atomic E-state index is 11.9. The fourth-order valence-electron chi connectivity index (χ4n) is 1.27. The molecule has 0 fully saturated rings. The largest absolute Gasteiger partial charge is 0.339 e. The van der Waals surface area contributed by atoms with Gasteiger partial charge in [-0.1, -0.05) is 11.6 Å². The summed E-state index contributed by atoms with van der Waals surface area (Å²) in [6, 6.07) is 0.802. The molecule has 0 saturated carbocycles. The van der Waals surface area contributed by atoms with Crippen LogP contribution >= 0.6 is 27.5 Å². The van der Waals surface area contributed by atoms with Crippen molar-refractivity contribution >= 4 is 39.3 Å². The summed E-state index contributed by atoms with van der Waals surface area (Å²) in [4.78, 5) is 32.3. The minimum atomic E-state index is -0.751. The highest BCUT2D eigenvalue weighted by Gasteiger charge is 2.22. The van der Waals surface area contributed by atoms with Gasteiger partial charge in [-0.2, -0.15) is 0 Å². The maximum Gasteiger partial charge on any atom is 0.272 e. The van der Waals surface area contributed by atoms with E-state index >= 15 is 0 Å². The van der Waals surface area contributed by atoms with E-state index in [1.54, 1.807) is 13.0 Å². The van der Waals surface area contributed by atoms with Crippen LogP contribution in [0.2, 0.25) is 5.02 Å². The molecule has 1 N–H and O–H groups in total. The molecule has 2 amide bonds. The highest BCUT2D eigenvalue weighted by Crippen LogP contribution is 2.18. The van der Waals surface area contributed by atoms with E-state index in [1.165, 1.54) is 20.4 Å². The van der Waals surface area contributed by atoms with Crippen molar-refractivity contribution in [2.75, 3.05) is 14.2 Å². The lowest BCUT2D eigenvalue weighted by Crippen LogP contribution is -2.45. The van der Waals surface area contributed by atoms with E-state index in [-0.39, 0.29) is 16.6 Å². The minimum Gasteiger partial charge on any atom is -0.339 e. The van der Waals surface area contributed by atoms with Crippen LogP contribution in [0.4, 0.5) is 0 Å². The van der Waals surface area contributed by atoms with Crippen LogP contribution in [0, 0.1) is 0 Å². The average molecular weight is 351 g/mol. The number of amides is 2. The van der Waals surface area contributed by atoms with Gasteiger partial charge < -0.3 is 5.32 Å². The van der Waals surface area contributed by atoms with Crippen molar-refractivity contribution in [3.63, 3.8) is 0 Å². The second-order valence-electron chi connectivity index (χ2n) is 3.70. The summed E-state index contributed by atoms with van der Waals surface area (Å²) in [6.07, 6.45) is 1.45. The van der Waals surface area contributed by atoms with Crippen molar-refractivity contribution in [3.05, 3.63) is 27.5 Å². The van der Waals surface area contributed by atoms with E-state index in [9.17, 15) is 9.59 Å². The highest BCUT2D eigenvalue weighted by atomic mass is 79.9. The Morgan fingerprint density at radius 2 is 2.21 bits per heavy atom. The van der Waals surface area contributed by atoms with Gasteiger partial charge in [-0.15, -0.1) is 0 Å². The Balaban J connectivity index is 2.77. The van der Waals surface area contributed by atoms with E-state index in [1.807, 2.05) is 0 Å². The second-order valence-corrected chi connectivity index (χ2v) is 5.02. The Morgan fingerprint density at radius 1 is 1.58 bits per heavy atom. The number of pyridine rings is 1. The molecule has 0 aromatic carbocycles. The number of halogens is 2. The third-order valence-corrected chi connectivity index (χ3v) is 3.05. The van der Waals surface area contributed by atoms with Crippen LogP contribution in [-0.4, -0.2) is 42.1 Å². The van der Waals surface area contributed by atoms with Gasteiger partial charge in [0.1, 0.15) is 11.7 Å². The van der Waals surface area contributed by atoms with E-state index in [2.05, 4.69) is 26.2 Å². The first-order valence-corrected chi connectivity index (χ1v) is 6.47. The lowest BCUT2D eigenvalue weighted by molar-refractivity contribution is -0.170. The number of hydrogen-bond donors (Lipinski definition) is 1. The zero-order valence-electron chi connectivity index (χ0n) is 10.6. The zero-order chi connectivity index (χ0) is 14.6. The van der Waals surface area contributed by atoms with Crippen LogP contribution in [-0.2, 0) is 9.63 Å². The number of nitrogens with one attached hydrogen (secondary N) is 1. The lowest BCUT2D eigenvalue weighted by Gasteiger charge is -2.19. The quantitative estimate of drug-likeness (QED) is 0.838. The Hall–Kier alpha value is -1.18. The smallest absolute Gasteiger partial charge is 0.272 e. The minimum absolute atomic E-state index is 0.0598. The summed E-state index contributed by atoms with van der Waals surface area (Å²) in [6.45, 7) is 1.54. The summed E-state index contributed by atoms with van der Waals surface area (Å²) in [5.74, 6) is -0.910. The summed E-state index contributed by atoms with van der Waals surface area (Å²) < 4.78 is 0.664. The Morgan fingerprint density at radius 3 is 2.74 bits per heavy atom. The standard InChI is InChI=1S/C11H13BrClN3O3/c1-6(11(18)16(2)19-3)15-10(17)9-8(13)4-7(12)5-14-9/h4-6H,1-3H3,(H,15,17).